The van der Waals surface area contributed by atoms with Crippen molar-refractivity contribution < 1.29 is 13.9 Å². The Morgan fingerprint density at radius 1 is 1.00 bits per heavy atom. The number of benzene rings is 3. The molecule has 0 unspecified atom stereocenters. The average Bonchev–Trinajstić information content (AvgIpc) is 3.24. The number of nitrogens with one attached hydrogen (secondary N) is 1. The van der Waals surface area contributed by atoms with Crippen LogP contribution in [0.3, 0.4) is 0 Å². The molecular formula is C23H15Cl2FN2O2S. The molecule has 0 radical (unpaired) electrons. The molecule has 0 aliphatic rings. The first kappa shape index (κ1) is 21.3. The molecule has 0 spiro atoms. The Balaban J connectivity index is 1.40. The molecule has 1 heterocycles. The van der Waals surface area contributed by atoms with Gasteiger partial charge in [-0.05, 0) is 60.2 Å². The molecule has 0 aliphatic carbocycles. The predicted octanol–water partition coefficient (Wildman–Crippen LogP) is 6.98. The SMILES string of the molecule is O=C(NCc1ccc(Oc2ccc(F)cc2)cc1)c1scnc1-c1ccc(Cl)cc1Cl. The summed E-state index contributed by atoms with van der Waals surface area (Å²) in [5.74, 6) is 0.598. The van der Waals surface area contributed by atoms with Gasteiger partial charge in [0.05, 0.1) is 16.2 Å². The molecule has 0 bridgehead atoms. The van der Waals surface area contributed by atoms with Crippen molar-refractivity contribution in [2.75, 3.05) is 0 Å². The second-order valence-corrected chi connectivity index (χ2v) is 8.24. The first-order chi connectivity index (χ1) is 15.0. The second-order valence-electron chi connectivity index (χ2n) is 6.54. The Morgan fingerprint density at radius 3 is 2.35 bits per heavy atom. The summed E-state index contributed by atoms with van der Waals surface area (Å²) in [6.07, 6.45) is 0. The molecule has 31 heavy (non-hydrogen) atoms. The van der Waals surface area contributed by atoms with Crippen molar-refractivity contribution in [2.24, 2.45) is 0 Å². The van der Waals surface area contributed by atoms with E-state index in [1.807, 2.05) is 12.1 Å². The number of hydrogen-bond donors (Lipinski definition) is 1. The van der Waals surface area contributed by atoms with Crippen molar-refractivity contribution >= 4 is 40.4 Å². The highest BCUT2D eigenvalue weighted by molar-refractivity contribution is 7.12. The number of thiazole rings is 1. The lowest BCUT2D eigenvalue weighted by Gasteiger charge is -2.09. The van der Waals surface area contributed by atoms with Crippen molar-refractivity contribution in [3.8, 4) is 22.8 Å². The highest BCUT2D eigenvalue weighted by Crippen LogP contribution is 2.33. The standard InChI is InChI=1S/C23H15Cl2FN2O2S/c24-15-3-10-19(20(25)11-15)21-22(31-13-28-21)23(29)27-12-14-1-6-17(7-2-14)30-18-8-4-16(26)5-9-18/h1-11,13H,12H2,(H,27,29). The van der Waals surface area contributed by atoms with Crippen LogP contribution in [0.4, 0.5) is 4.39 Å². The first-order valence-corrected chi connectivity index (χ1v) is 10.8. The third-order valence-corrected chi connectivity index (χ3v) is 5.76. The van der Waals surface area contributed by atoms with Gasteiger partial charge in [0.25, 0.3) is 5.91 Å². The summed E-state index contributed by atoms with van der Waals surface area (Å²) in [5.41, 5.74) is 3.68. The topological polar surface area (TPSA) is 51.2 Å². The summed E-state index contributed by atoms with van der Waals surface area (Å²) in [4.78, 5) is 17.5. The molecule has 156 valence electrons. The van der Waals surface area contributed by atoms with E-state index in [0.717, 1.165) is 5.56 Å². The molecule has 4 nitrogen and oxygen atoms in total. The number of amides is 1. The number of nitrogens with zero attached hydrogens (tertiary/aromatic N) is 1. The Bertz CT molecular complexity index is 1210. The van der Waals surface area contributed by atoms with Crippen LogP contribution in [0.1, 0.15) is 15.2 Å². The fourth-order valence-electron chi connectivity index (χ4n) is 2.86. The van der Waals surface area contributed by atoms with Crippen LogP contribution in [0.25, 0.3) is 11.3 Å². The molecule has 1 aromatic heterocycles. The van der Waals surface area contributed by atoms with Gasteiger partial charge in [-0.1, -0.05) is 35.3 Å². The van der Waals surface area contributed by atoms with Gasteiger partial charge in [-0.2, -0.15) is 0 Å². The maximum atomic E-state index is 13.0. The second kappa shape index (κ2) is 9.47. The van der Waals surface area contributed by atoms with Gasteiger partial charge < -0.3 is 10.1 Å². The molecule has 4 aromatic rings. The molecule has 4 rings (SSSR count). The van der Waals surface area contributed by atoms with Gasteiger partial charge in [0.15, 0.2) is 0 Å². The molecule has 0 atom stereocenters. The van der Waals surface area contributed by atoms with Crippen LogP contribution in [0.15, 0.2) is 72.2 Å². The van der Waals surface area contributed by atoms with Crippen molar-refractivity contribution in [3.63, 3.8) is 0 Å². The summed E-state index contributed by atoms with van der Waals surface area (Å²) >= 11 is 13.5. The van der Waals surface area contributed by atoms with Crippen LogP contribution >= 0.6 is 34.5 Å². The number of carbonyl (C=O) groups excluding carboxylic acids is 1. The molecule has 0 saturated heterocycles. The van der Waals surface area contributed by atoms with E-state index in [9.17, 15) is 9.18 Å². The van der Waals surface area contributed by atoms with Crippen molar-refractivity contribution in [3.05, 3.63) is 98.5 Å². The van der Waals surface area contributed by atoms with Gasteiger partial charge in [-0.15, -0.1) is 11.3 Å². The minimum Gasteiger partial charge on any atom is -0.457 e. The van der Waals surface area contributed by atoms with Crippen LogP contribution in [0, 0.1) is 5.82 Å². The van der Waals surface area contributed by atoms with Gasteiger partial charge in [-0.3, -0.25) is 4.79 Å². The summed E-state index contributed by atoms with van der Waals surface area (Å²) in [6.45, 7) is 0.335. The van der Waals surface area contributed by atoms with Crippen LogP contribution < -0.4 is 10.1 Å². The average molecular weight is 473 g/mol. The molecule has 8 heteroatoms. The molecule has 0 aliphatic heterocycles. The summed E-state index contributed by atoms with van der Waals surface area (Å²) in [5, 5.41) is 3.85. The Kier molecular flexibility index (Phi) is 6.51. The lowest BCUT2D eigenvalue weighted by molar-refractivity contribution is 0.0955. The number of carbonyl (C=O) groups is 1. The minimum absolute atomic E-state index is 0.241. The maximum absolute atomic E-state index is 13.0. The largest absolute Gasteiger partial charge is 0.457 e. The monoisotopic (exact) mass is 472 g/mol. The minimum atomic E-state index is -0.319. The number of ether oxygens (including phenoxy) is 1. The van der Waals surface area contributed by atoms with E-state index in [-0.39, 0.29) is 11.7 Å². The molecule has 1 amide bonds. The molecule has 3 aromatic carbocycles. The fraction of sp³-hybridized carbons (Fsp3) is 0.0435. The van der Waals surface area contributed by atoms with E-state index in [2.05, 4.69) is 10.3 Å². The van der Waals surface area contributed by atoms with Crippen molar-refractivity contribution in [2.45, 2.75) is 6.54 Å². The van der Waals surface area contributed by atoms with Gasteiger partial charge in [0, 0.05) is 17.1 Å². The van der Waals surface area contributed by atoms with E-state index < -0.39 is 0 Å². The quantitative estimate of drug-likeness (QED) is 0.329. The lowest BCUT2D eigenvalue weighted by atomic mass is 10.1. The van der Waals surface area contributed by atoms with Crippen molar-refractivity contribution in [1.82, 2.24) is 10.3 Å². The Morgan fingerprint density at radius 2 is 1.68 bits per heavy atom. The van der Waals surface area contributed by atoms with Crippen molar-refractivity contribution in [1.29, 1.82) is 0 Å². The third-order valence-electron chi connectivity index (χ3n) is 4.39. The van der Waals surface area contributed by atoms with E-state index in [4.69, 9.17) is 27.9 Å². The number of aromatic nitrogens is 1. The van der Waals surface area contributed by atoms with E-state index in [1.165, 1.54) is 23.5 Å². The van der Waals surface area contributed by atoms with E-state index in [1.54, 1.807) is 48.0 Å². The van der Waals surface area contributed by atoms with Gasteiger partial charge in [0.1, 0.15) is 22.2 Å². The van der Waals surface area contributed by atoms with Gasteiger partial charge in [-0.25, -0.2) is 9.37 Å². The zero-order valence-corrected chi connectivity index (χ0v) is 18.3. The van der Waals surface area contributed by atoms with Crippen LogP contribution in [0.5, 0.6) is 11.5 Å². The number of hydrogen-bond acceptors (Lipinski definition) is 4. The normalized spacial score (nSPS) is 10.7. The van der Waals surface area contributed by atoms with E-state index in [0.29, 0.717) is 44.2 Å². The zero-order valence-electron chi connectivity index (χ0n) is 15.9. The summed E-state index contributed by atoms with van der Waals surface area (Å²) < 4.78 is 18.7. The third kappa shape index (κ3) is 5.22. The summed E-state index contributed by atoms with van der Waals surface area (Å²) in [7, 11) is 0. The summed E-state index contributed by atoms with van der Waals surface area (Å²) in [6, 6.07) is 18.1. The van der Waals surface area contributed by atoms with Crippen LogP contribution in [-0.4, -0.2) is 10.9 Å². The van der Waals surface area contributed by atoms with Gasteiger partial charge >= 0.3 is 0 Å². The molecule has 0 fully saturated rings. The van der Waals surface area contributed by atoms with Gasteiger partial charge in [0.2, 0.25) is 0 Å². The van der Waals surface area contributed by atoms with Crippen LogP contribution in [-0.2, 0) is 6.54 Å². The molecular weight excluding hydrogens is 458 g/mol. The Labute approximate surface area is 192 Å². The lowest BCUT2D eigenvalue weighted by Crippen LogP contribution is -2.22. The van der Waals surface area contributed by atoms with Crippen LogP contribution in [0.2, 0.25) is 10.0 Å². The molecule has 1 N–H and O–H groups in total. The maximum Gasteiger partial charge on any atom is 0.263 e. The molecule has 0 saturated carbocycles. The van der Waals surface area contributed by atoms with E-state index >= 15 is 0 Å². The number of halogens is 3. The number of rotatable bonds is 6. The first-order valence-electron chi connectivity index (χ1n) is 9.19. The predicted molar refractivity (Wildman–Crippen MR) is 122 cm³/mol. The zero-order chi connectivity index (χ0) is 21.8. The smallest absolute Gasteiger partial charge is 0.263 e. The Hall–Kier alpha value is -2.93. The highest BCUT2D eigenvalue weighted by atomic mass is 35.5. The fourth-order valence-corrected chi connectivity index (χ4v) is 4.07. The highest BCUT2D eigenvalue weighted by Gasteiger charge is 2.18.